The number of aromatic hydroxyl groups is 1. The molecular formula is C11H12BrNOS. The maximum Gasteiger partial charge on any atom is 0.123 e. The molecule has 0 aliphatic carbocycles. The highest BCUT2D eigenvalue weighted by atomic mass is 79.9. The molecule has 0 bridgehead atoms. The van der Waals surface area contributed by atoms with Crippen molar-refractivity contribution in [1.82, 2.24) is 4.98 Å². The third kappa shape index (κ3) is 2.79. The predicted molar refractivity (Wildman–Crippen MR) is 68.9 cm³/mol. The molecule has 0 amide bonds. The van der Waals surface area contributed by atoms with E-state index in [2.05, 4.69) is 17.3 Å². The third-order valence-electron chi connectivity index (χ3n) is 2.03. The number of halogens is 1. The van der Waals surface area contributed by atoms with Crippen LogP contribution in [-0.4, -0.2) is 10.1 Å². The van der Waals surface area contributed by atoms with Crippen molar-refractivity contribution < 1.29 is 5.11 Å². The van der Waals surface area contributed by atoms with Gasteiger partial charge in [-0.25, -0.2) is 4.98 Å². The summed E-state index contributed by atoms with van der Waals surface area (Å²) in [5.74, 6) is 0.293. The van der Waals surface area contributed by atoms with Crippen LogP contribution >= 0.6 is 28.3 Å². The lowest BCUT2D eigenvalue weighted by Gasteiger charge is -1.95. The Kier molecular flexibility index (Phi) is 4.29. The molecule has 0 spiro atoms. The molecule has 15 heavy (non-hydrogen) atoms. The fraction of sp³-hybridized carbons (Fsp3) is 0.182. The molecule has 1 aromatic carbocycles. The highest BCUT2D eigenvalue weighted by Gasteiger charge is 2.02. The molecule has 0 atom stereocenters. The van der Waals surface area contributed by atoms with Gasteiger partial charge in [-0.1, -0.05) is 6.92 Å². The minimum absolute atomic E-state index is 0. The van der Waals surface area contributed by atoms with Crippen molar-refractivity contribution in [3.05, 3.63) is 35.3 Å². The van der Waals surface area contributed by atoms with Crippen molar-refractivity contribution in [2.45, 2.75) is 13.3 Å². The molecule has 1 N–H and O–H groups in total. The normalized spacial score (nSPS) is 9.67. The Hall–Kier alpha value is -0.870. The highest BCUT2D eigenvalue weighted by Crippen LogP contribution is 2.25. The number of thiazole rings is 1. The van der Waals surface area contributed by atoms with E-state index in [1.807, 2.05) is 12.1 Å². The Balaban J connectivity index is 0.00000112. The standard InChI is InChI=1S/C11H11NOS.BrH/c1-2-9-7-14-11(12-9)8-3-5-10(13)6-4-8;/h3-7,13H,2H2,1H3;1H. The number of nitrogens with zero attached hydrogens (tertiary/aromatic N) is 1. The minimum atomic E-state index is 0. The van der Waals surface area contributed by atoms with Gasteiger partial charge >= 0.3 is 0 Å². The summed E-state index contributed by atoms with van der Waals surface area (Å²) in [5.41, 5.74) is 2.19. The van der Waals surface area contributed by atoms with Crippen LogP contribution < -0.4 is 0 Å². The smallest absolute Gasteiger partial charge is 0.123 e. The first-order valence-electron chi connectivity index (χ1n) is 4.53. The number of rotatable bonds is 2. The van der Waals surface area contributed by atoms with Gasteiger partial charge in [0.15, 0.2) is 0 Å². The Morgan fingerprint density at radius 3 is 2.47 bits per heavy atom. The Labute approximate surface area is 103 Å². The Morgan fingerprint density at radius 1 is 1.27 bits per heavy atom. The molecule has 0 fully saturated rings. The zero-order valence-electron chi connectivity index (χ0n) is 8.30. The molecule has 0 aliphatic rings. The van der Waals surface area contributed by atoms with E-state index in [9.17, 15) is 0 Å². The van der Waals surface area contributed by atoms with Gasteiger partial charge in [0.2, 0.25) is 0 Å². The van der Waals surface area contributed by atoms with Gasteiger partial charge in [-0.3, -0.25) is 0 Å². The summed E-state index contributed by atoms with van der Waals surface area (Å²) >= 11 is 1.64. The van der Waals surface area contributed by atoms with Gasteiger partial charge in [0, 0.05) is 10.9 Å². The number of benzene rings is 1. The van der Waals surface area contributed by atoms with Crippen molar-refractivity contribution in [3.63, 3.8) is 0 Å². The molecule has 4 heteroatoms. The van der Waals surface area contributed by atoms with Crippen LogP contribution in [0.15, 0.2) is 29.6 Å². The van der Waals surface area contributed by atoms with Gasteiger partial charge in [-0.05, 0) is 30.7 Å². The maximum atomic E-state index is 9.14. The summed E-state index contributed by atoms with van der Waals surface area (Å²) in [6, 6.07) is 7.13. The molecule has 0 saturated heterocycles. The van der Waals surface area contributed by atoms with Crippen molar-refractivity contribution in [1.29, 1.82) is 0 Å². The molecule has 1 aromatic heterocycles. The van der Waals surface area contributed by atoms with Crippen molar-refractivity contribution in [3.8, 4) is 16.3 Å². The number of hydrogen-bond donors (Lipinski definition) is 1. The second-order valence-corrected chi connectivity index (χ2v) is 3.90. The van der Waals surface area contributed by atoms with Gasteiger partial charge < -0.3 is 5.11 Å². The lowest BCUT2D eigenvalue weighted by Crippen LogP contribution is -1.79. The van der Waals surface area contributed by atoms with Gasteiger partial charge in [0.1, 0.15) is 10.8 Å². The maximum absolute atomic E-state index is 9.14. The third-order valence-corrected chi connectivity index (χ3v) is 2.97. The average Bonchev–Trinajstić information content (AvgIpc) is 2.67. The second-order valence-electron chi connectivity index (χ2n) is 3.04. The number of phenols is 1. The molecule has 0 aliphatic heterocycles. The summed E-state index contributed by atoms with van der Waals surface area (Å²) < 4.78 is 0. The van der Waals surface area contributed by atoms with E-state index in [0.29, 0.717) is 5.75 Å². The molecular weight excluding hydrogens is 274 g/mol. The van der Waals surface area contributed by atoms with Crippen LogP contribution in [0.5, 0.6) is 5.75 Å². The predicted octanol–water partition coefficient (Wildman–Crippen LogP) is 3.66. The molecule has 0 saturated carbocycles. The fourth-order valence-corrected chi connectivity index (χ4v) is 2.12. The average molecular weight is 286 g/mol. The Bertz CT molecular complexity index is 424. The summed E-state index contributed by atoms with van der Waals surface area (Å²) in [6.45, 7) is 2.09. The first-order valence-corrected chi connectivity index (χ1v) is 5.41. The zero-order chi connectivity index (χ0) is 9.97. The second kappa shape index (κ2) is 5.28. The van der Waals surface area contributed by atoms with Gasteiger partial charge in [-0.15, -0.1) is 28.3 Å². The van der Waals surface area contributed by atoms with Crippen LogP contribution in [0.2, 0.25) is 0 Å². The van der Waals surface area contributed by atoms with Crippen LogP contribution in [0.4, 0.5) is 0 Å². The quantitative estimate of drug-likeness (QED) is 0.914. The lowest BCUT2D eigenvalue weighted by atomic mass is 10.2. The Morgan fingerprint density at radius 2 is 1.93 bits per heavy atom. The van der Waals surface area contributed by atoms with E-state index >= 15 is 0 Å². The molecule has 1 heterocycles. The van der Waals surface area contributed by atoms with Gasteiger partial charge in [0.05, 0.1) is 5.69 Å². The van der Waals surface area contributed by atoms with Gasteiger partial charge in [-0.2, -0.15) is 0 Å². The summed E-state index contributed by atoms with van der Waals surface area (Å²) in [6.07, 6.45) is 0.967. The molecule has 2 aromatic rings. The summed E-state index contributed by atoms with van der Waals surface area (Å²) in [4.78, 5) is 4.47. The van der Waals surface area contributed by atoms with Gasteiger partial charge in [0.25, 0.3) is 0 Å². The summed E-state index contributed by atoms with van der Waals surface area (Å²) in [7, 11) is 0. The van der Waals surface area contributed by atoms with Crippen LogP contribution in [0, 0.1) is 0 Å². The van der Waals surface area contributed by atoms with E-state index in [-0.39, 0.29) is 17.0 Å². The topological polar surface area (TPSA) is 33.1 Å². The first-order chi connectivity index (χ1) is 6.79. The number of aryl methyl sites for hydroxylation is 1. The molecule has 80 valence electrons. The van der Waals surface area contributed by atoms with E-state index in [1.165, 1.54) is 0 Å². The van der Waals surface area contributed by atoms with Crippen molar-refractivity contribution in [2.24, 2.45) is 0 Å². The van der Waals surface area contributed by atoms with E-state index in [4.69, 9.17) is 5.11 Å². The van der Waals surface area contributed by atoms with Crippen LogP contribution in [0.25, 0.3) is 10.6 Å². The summed E-state index contributed by atoms with van der Waals surface area (Å²) in [5, 5.41) is 12.2. The lowest BCUT2D eigenvalue weighted by molar-refractivity contribution is 0.475. The van der Waals surface area contributed by atoms with Crippen molar-refractivity contribution >= 4 is 28.3 Å². The van der Waals surface area contributed by atoms with E-state index in [0.717, 1.165) is 22.7 Å². The van der Waals surface area contributed by atoms with Crippen LogP contribution in [-0.2, 0) is 6.42 Å². The first kappa shape index (κ1) is 12.2. The minimum Gasteiger partial charge on any atom is -0.508 e. The highest BCUT2D eigenvalue weighted by molar-refractivity contribution is 8.93. The number of aromatic nitrogens is 1. The molecule has 0 radical (unpaired) electrons. The molecule has 2 nitrogen and oxygen atoms in total. The molecule has 2 rings (SSSR count). The number of phenolic OH excluding ortho intramolecular Hbond substituents is 1. The van der Waals surface area contributed by atoms with E-state index < -0.39 is 0 Å². The van der Waals surface area contributed by atoms with E-state index in [1.54, 1.807) is 23.5 Å². The van der Waals surface area contributed by atoms with Crippen LogP contribution in [0.3, 0.4) is 0 Å². The SMILES string of the molecule is Br.CCc1csc(-c2ccc(O)cc2)n1. The zero-order valence-corrected chi connectivity index (χ0v) is 10.8. The molecule has 0 unspecified atom stereocenters. The fourth-order valence-electron chi connectivity index (χ4n) is 1.21. The largest absolute Gasteiger partial charge is 0.508 e. The van der Waals surface area contributed by atoms with Crippen molar-refractivity contribution in [2.75, 3.05) is 0 Å². The van der Waals surface area contributed by atoms with Crippen LogP contribution in [0.1, 0.15) is 12.6 Å². The number of hydrogen-bond acceptors (Lipinski definition) is 3. The monoisotopic (exact) mass is 285 g/mol.